The lowest BCUT2D eigenvalue weighted by Crippen LogP contribution is -2.00. The van der Waals surface area contributed by atoms with Gasteiger partial charge in [0.25, 0.3) is 0 Å². The van der Waals surface area contributed by atoms with Crippen molar-refractivity contribution in [1.82, 2.24) is 0 Å². The van der Waals surface area contributed by atoms with Crippen molar-refractivity contribution < 1.29 is 24.4 Å². The van der Waals surface area contributed by atoms with Crippen LogP contribution in [0.15, 0.2) is 0 Å². The first-order valence-electron chi connectivity index (χ1n) is 2.02. The fourth-order valence-electron chi connectivity index (χ4n) is 0.213. The Bertz CT molecular complexity index is 162. The van der Waals surface area contributed by atoms with Gasteiger partial charge in [0.15, 0.2) is 7.80 Å². The van der Waals surface area contributed by atoms with Crippen molar-refractivity contribution in [3.8, 4) is 0 Å². The minimum absolute atomic E-state index is 0.764. The first kappa shape index (κ1) is 8.17. The van der Waals surface area contributed by atoms with Gasteiger partial charge in [0.2, 0.25) is 0 Å². The SMILES string of the molecule is O=C(O)C[PH](=O)C(=O)O. The molecule has 0 aliphatic heterocycles. The first-order valence-corrected chi connectivity index (χ1v) is 3.63. The number of carbonyl (C=O) groups is 2. The number of aliphatic carboxylic acids is 1. The van der Waals surface area contributed by atoms with Crippen LogP contribution in [0.3, 0.4) is 0 Å². The molecule has 1 unspecified atom stereocenters. The molecule has 0 aliphatic rings. The molecule has 0 rings (SSSR count). The van der Waals surface area contributed by atoms with Crippen molar-refractivity contribution in [2.24, 2.45) is 0 Å². The lowest BCUT2D eigenvalue weighted by Gasteiger charge is -1.87. The Morgan fingerprint density at radius 2 is 1.78 bits per heavy atom. The summed E-state index contributed by atoms with van der Waals surface area (Å²) in [5, 5.41) is 15.8. The van der Waals surface area contributed by atoms with E-state index in [0.717, 1.165) is 0 Å². The maximum absolute atomic E-state index is 10.2. The van der Waals surface area contributed by atoms with E-state index in [9.17, 15) is 14.2 Å². The Labute approximate surface area is 51.1 Å². The zero-order valence-electron chi connectivity index (χ0n) is 4.33. The summed E-state index contributed by atoms with van der Waals surface area (Å²) in [6.07, 6.45) is -0.764. The Balaban J connectivity index is 3.79. The molecule has 0 bridgehead atoms. The smallest absolute Gasteiger partial charge is 0.359 e. The number of hydrogen-bond acceptors (Lipinski definition) is 3. The fraction of sp³-hybridized carbons (Fsp3) is 0.333. The van der Waals surface area contributed by atoms with Crippen LogP contribution in [-0.4, -0.2) is 28.1 Å². The van der Waals surface area contributed by atoms with E-state index >= 15 is 0 Å². The molecule has 0 saturated heterocycles. The van der Waals surface area contributed by atoms with Gasteiger partial charge in [-0.15, -0.1) is 0 Å². The summed E-state index contributed by atoms with van der Waals surface area (Å²) >= 11 is 0. The van der Waals surface area contributed by atoms with E-state index in [0.29, 0.717) is 0 Å². The molecule has 6 heteroatoms. The van der Waals surface area contributed by atoms with Crippen molar-refractivity contribution in [3.63, 3.8) is 0 Å². The van der Waals surface area contributed by atoms with Gasteiger partial charge in [-0.05, 0) is 0 Å². The third-order valence-corrected chi connectivity index (χ3v) is 1.65. The average Bonchev–Trinajstić information content (AvgIpc) is 1.63. The van der Waals surface area contributed by atoms with Crippen LogP contribution in [0.2, 0.25) is 0 Å². The summed E-state index contributed by atoms with van der Waals surface area (Å²) in [6, 6.07) is 0. The van der Waals surface area contributed by atoms with Crippen LogP contribution in [0.5, 0.6) is 0 Å². The van der Waals surface area contributed by atoms with Crippen LogP contribution >= 0.6 is 7.80 Å². The van der Waals surface area contributed by atoms with Gasteiger partial charge in [0.1, 0.15) is 6.16 Å². The highest BCUT2D eigenvalue weighted by molar-refractivity contribution is 7.63. The van der Waals surface area contributed by atoms with Gasteiger partial charge >= 0.3 is 11.7 Å². The first-order chi connectivity index (χ1) is 4.04. The minimum Gasteiger partial charge on any atom is -0.481 e. The molecule has 0 spiro atoms. The summed E-state index contributed by atoms with van der Waals surface area (Å²) < 4.78 is 10.2. The van der Waals surface area contributed by atoms with Crippen LogP contribution < -0.4 is 0 Å². The molecule has 0 radical (unpaired) electrons. The molecular weight excluding hydrogens is 147 g/mol. The van der Waals surface area contributed by atoms with E-state index in [-0.39, 0.29) is 0 Å². The van der Waals surface area contributed by atoms with E-state index in [1.54, 1.807) is 0 Å². The highest BCUT2D eigenvalue weighted by Crippen LogP contribution is 2.19. The number of rotatable bonds is 3. The maximum Gasteiger partial charge on any atom is 0.359 e. The van der Waals surface area contributed by atoms with Crippen LogP contribution in [-0.2, 0) is 9.36 Å². The summed E-state index contributed by atoms with van der Waals surface area (Å²) in [7, 11) is -2.94. The lowest BCUT2D eigenvalue weighted by atomic mass is 10.8. The molecule has 0 saturated carbocycles. The van der Waals surface area contributed by atoms with Crippen LogP contribution in [0.1, 0.15) is 0 Å². The molecule has 1 atom stereocenters. The maximum atomic E-state index is 10.2. The molecule has 0 aliphatic carbocycles. The number of carboxylic acids is 1. The molecule has 0 amide bonds. The predicted octanol–water partition coefficient (Wildman–Crippen LogP) is 0.309. The van der Waals surface area contributed by atoms with Crippen molar-refractivity contribution in [1.29, 1.82) is 0 Å². The molecule has 2 N–H and O–H groups in total. The number of carboxylic acid groups (broad SMARTS) is 2. The monoisotopic (exact) mass is 152 g/mol. The largest absolute Gasteiger partial charge is 0.481 e. The minimum atomic E-state index is -2.94. The van der Waals surface area contributed by atoms with Crippen molar-refractivity contribution in [3.05, 3.63) is 0 Å². The summed E-state index contributed by atoms with van der Waals surface area (Å²) in [5.74, 6) is -1.35. The molecular formula is C3H5O5P. The molecule has 0 aromatic rings. The highest BCUT2D eigenvalue weighted by Gasteiger charge is 2.12. The quantitative estimate of drug-likeness (QED) is 0.567. The second-order valence-corrected chi connectivity index (χ2v) is 2.93. The topological polar surface area (TPSA) is 91.7 Å². The van der Waals surface area contributed by atoms with E-state index in [1.165, 1.54) is 0 Å². The van der Waals surface area contributed by atoms with E-state index in [4.69, 9.17) is 10.2 Å². The third-order valence-electron chi connectivity index (χ3n) is 0.550. The highest BCUT2D eigenvalue weighted by atomic mass is 31.1. The second kappa shape index (κ2) is 3.25. The van der Waals surface area contributed by atoms with Crippen LogP contribution in [0.4, 0.5) is 4.79 Å². The zero-order chi connectivity index (χ0) is 7.44. The Kier molecular flexibility index (Phi) is 2.95. The van der Waals surface area contributed by atoms with E-state index < -0.39 is 25.6 Å². The fourth-order valence-corrected chi connectivity index (χ4v) is 0.639. The predicted molar refractivity (Wildman–Crippen MR) is 29.5 cm³/mol. The van der Waals surface area contributed by atoms with Gasteiger partial charge in [-0.2, -0.15) is 0 Å². The Hall–Kier alpha value is -0.830. The van der Waals surface area contributed by atoms with Crippen LogP contribution in [0.25, 0.3) is 0 Å². The molecule has 52 valence electrons. The van der Waals surface area contributed by atoms with Gasteiger partial charge in [0, 0.05) is 0 Å². The summed E-state index contributed by atoms with van der Waals surface area (Å²) in [5.41, 5.74) is -1.53. The van der Waals surface area contributed by atoms with E-state index in [2.05, 4.69) is 0 Å². The Morgan fingerprint density at radius 1 is 1.33 bits per heavy atom. The van der Waals surface area contributed by atoms with E-state index in [1.807, 2.05) is 0 Å². The molecule has 0 fully saturated rings. The summed E-state index contributed by atoms with van der Waals surface area (Å²) in [6.45, 7) is 0. The van der Waals surface area contributed by atoms with Gasteiger partial charge < -0.3 is 14.8 Å². The summed E-state index contributed by atoms with van der Waals surface area (Å²) in [4.78, 5) is 19.4. The van der Waals surface area contributed by atoms with Gasteiger partial charge in [-0.25, -0.2) is 4.79 Å². The molecule has 0 heterocycles. The van der Waals surface area contributed by atoms with Gasteiger partial charge in [0.05, 0.1) is 0 Å². The van der Waals surface area contributed by atoms with Crippen LogP contribution in [0, 0.1) is 0 Å². The van der Waals surface area contributed by atoms with Crippen molar-refractivity contribution >= 4 is 19.5 Å². The molecule has 0 aromatic carbocycles. The standard InChI is InChI=1S/C3H5O5P/c4-2(5)1-9(8)3(6)7/h9H,1H2,(H,4,5)(H,6,7). The van der Waals surface area contributed by atoms with Crippen molar-refractivity contribution in [2.75, 3.05) is 6.16 Å². The van der Waals surface area contributed by atoms with Gasteiger partial charge in [-0.3, -0.25) is 4.79 Å². The van der Waals surface area contributed by atoms with Gasteiger partial charge in [-0.1, -0.05) is 0 Å². The average molecular weight is 152 g/mol. The molecule has 5 nitrogen and oxygen atoms in total. The van der Waals surface area contributed by atoms with Crippen molar-refractivity contribution in [2.45, 2.75) is 0 Å². The second-order valence-electron chi connectivity index (χ2n) is 1.30. The Morgan fingerprint density at radius 3 is 1.89 bits per heavy atom. The molecule has 0 aromatic heterocycles. The molecule has 9 heavy (non-hydrogen) atoms. The number of hydrogen-bond donors (Lipinski definition) is 2. The third kappa shape index (κ3) is 3.73. The zero-order valence-corrected chi connectivity index (χ0v) is 5.33. The normalized spacial score (nSPS) is 12.4. The lowest BCUT2D eigenvalue weighted by molar-refractivity contribution is -0.134.